The van der Waals surface area contributed by atoms with Crippen LogP contribution in [0.5, 0.6) is 5.75 Å². The maximum absolute atomic E-state index is 13.0. The van der Waals surface area contributed by atoms with Crippen LogP contribution in [-0.4, -0.2) is 56.0 Å². The summed E-state index contributed by atoms with van der Waals surface area (Å²) in [4.78, 5) is 18.3. The Morgan fingerprint density at radius 3 is 2.63 bits per heavy atom. The molecule has 3 aromatic rings. The Morgan fingerprint density at radius 1 is 1.17 bits per heavy atom. The second-order valence-electron chi connectivity index (χ2n) is 9.46. The SMILES string of the molecule is CC(C)(C)OC(=O)N1CCC[C@@H](Nc2nnc(-c3ccc(C(F)(F)F)cc3O)c3cnccc23)C1. The van der Waals surface area contributed by atoms with Crippen molar-refractivity contribution in [3.8, 4) is 17.0 Å². The molecule has 35 heavy (non-hydrogen) atoms. The molecular formula is C24H26F3N5O3. The summed E-state index contributed by atoms with van der Waals surface area (Å²) in [6.45, 7) is 6.46. The fourth-order valence-electron chi connectivity index (χ4n) is 3.99. The summed E-state index contributed by atoms with van der Waals surface area (Å²) >= 11 is 0. The second kappa shape index (κ2) is 9.20. The minimum absolute atomic E-state index is 0.104. The Bertz CT molecular complexity index is 1240. The number of phenols is 1. The molecule has 11 heteroatoms. The Morgan fingerprint density at radius 2 is 1.94 bits per heavy atom. The molecule has 0 unspecified atom stereocenters. The molecule has 4 rings (SSSR count). The smallest absolute Gasteiger partial charge is 0.416 e. The van der Waals surface area contributed by atoms with Gasteiger partial charge in [0.2, 0.25) is 0 Å². The van der Waals surface area contributed by atoms with Crippen molar-refractivity contribution in [1.29, 1.82) is 0 Å². The average Bonchev–Trinajstić information content (AvgIpc) is 2.78. The Balaban J connectivity index is 1.61. The van der Waals surface area contributed by atoms with E-state index in [0.29, 0.717) is 35.7 Å². The Kier molecular flexibility index (Phi) is 6.44. The Labute approximate surface area is 200 Å². The molecule has 1 fully saturated rings. The van der Waals surface area contributed by atoms with Gasteiger partial charge in [-0.05, 0) is 57.9 Å². The number of carbonyl (C=O) groups is 1. The van der Waals surface area contributed by atoms with Gasteiger partial charge in [0.15, 0.2) is 5.82 Å². The predicted octanol–water partition coefficient (Wildman–Crippen LogP) is 5.23. The first kappa shape index (κ1) is 24.5. The van der Waals surface area contributed by atoms with Crippen LogP contribution in [0.4, 0.5) is 23.8 Å². The number of fused-ring (bicyclic) bond motifs is 1. The molecule has 1 atom stereocenters. The zero-order chi connectivity index (χ0) is 25.4. The minimum atomic E-state index is -4.58. The van der Waals surface area contributed by atoms with E-state index in [-0.39, 0.29) is 23.4 Å². The van der Waals surface area contributed by atoms with Crippen LogP contribution in [0.25, 0.3) is 22.0 Å². The number of nitrogens with zero attached hydrogens (tertiary/aromatic N) is 4. The number of hydrogen-bond donors (Lipinski definition) is 2. The molecule has 0 spiro atoms. The molecule has 3 heterocycles. The number of rotatable bonds is 3. The summed E-state index contributed by atoms with van der Waals surface area (Å²) in [5.74, 6) is -0.103. The van der Waals surface area contributed by atoms with Gasteiger partial charge in [-0.3, -0.25) is 4.98 Å². The van der Waals surface area contributed by atoms with Gasteiger partial charge in [-0.15, -0.1) is 10.2 Å². The first-order chi connectivity index (χ1) is 16.4. The van der Waals surface area contributed by atoms with Crippen LogP contribution in [-0.2, 0) is 10.9 Å². The number of carbonyl (C=O) groups excluding carboxylic acids is 1. The van der Waals surface area contributed by atoms with E-state index >= 15 is 0 Å². The van der Waals surface area contributed by atoms with E-state index in [1.165, 1.54) is 12.3 Å². The van der Waals surface area contributed by atoms with Gasteiger partial charge < -0.3 is 20.1 Å². The first-order valence-corrected chi connectivity index (χ1v) is 11.2. The topological polar surface area (TPSA) is 100 Å². The van der Waals surface area contributed by atoms with Crippen molar-refractivity contribution < 1.29 is 27.8 Å². The molecule has 0 bridgehead atoms. The number of amides is 1. The van der Waals surface area contributed by atoms with E-state index in [4.69, 9.17) is 4.74 Å². The number of anilines is 1. The van der Waals surface area contributed by atoms with Gasteiger partial charge in [0.1, 0.15) is 17.0 Å². The zero-order valence-corrected chi connectivity index (χ0v) is 19.6. The van der Waals surface area contributed by atoms with Gasteiger partial charge in [0.05, 0.1) is 5.56 Å². The number of pyridine rings is 1. The lowest BCUT2D eigenvalue weighted by Gasteiger charge is -2.34. The zero-order valence-electron chi connectivity index (χ0n) is 19.6. The van der Waals surface area contributed by atoms with Crippen molar-refractivity contribution >= 4 is 22.7 Å². The first-order valence-electron chi connectivity index (χ1n) is 11.2. The highest BCUT2D eigenvalue weighted by molar-refractivity contribution is 6.00. The van der Waals surface area contributed by atoms with E-state index in [9.17, 15) is 23.1 Å². The van der Waals surface area contributed by atoms with Crippen LogP contribution in [0.2, 0.25) is 0 Å². The fraction of sp³-hybridized carbons (Fsp3) is 0.417. The van der Waals surface area contributed by atoms with Crippen molar-refractivity contribution in [1.82, 2.24) is 20.1 Å². The number of ether oxygens (including phenoxy) is 1. The number of likely N-dealkylation sites (tertiary alicyclic amines) is 1. The average molecular weight is 489 g/mol. The van der Waals surface area contributed by atoms with Gasteiger partial charge >= 0.3 is 12.3 Å². The molecule has 1 aliphatic rings. The molecule has 1 aromatic carbocycles. The number of alkyl halides is 3. The van der Waals surface area contributed by atoms with Gasteiger partial charge in [0, 0.05) is 47.9 Å². The highest BCUT2D eigenvalue weighted by Gasteiger charge is 2.32. The number of nitrogens with one attached hydrogen (secondary N) is 1. The number of aromatic hydroxyl groups is 1. The maximum atomic E-state index is 13.0. The number of phenolic OH excluding ortho intramolecular Hbond substituents is 1. The van der Waals surface area contributed by atoms with Crippen LogP contribution in [0, 0.1) is 0 Å². The van der Waals surface area contributed by atoms with Crippen molar-refractivity contribution in [2.45, 2.75) is 51.4 Å². The van der Waals surface area contributed by atoms with Crippen LogP contribution in [0.1, 0.15) is 39.2 Å². The standard InChI is InChI=1S/C24H26F3N5O3/c1-23(2,3)35-22(34)32-10-4-5-15(13-32)29-21-16-8-9-28-12-18(16)20(30-31-21)17-7-6-14(11-19(17)33)24(25,26)27/h6-9,11-12,15,33H,4-5,10,13H2,1-3H3,(H,29,31)/t15-/m1/s1. The third-order valence-electron chi connectivity index (χ3n) is 5.58. The van der Waals surface area contributed by atoms with Crippen LogP contribution in [0.15, 0.2) is 36.7 Å². The Hall–Kier alpha value is -3.63. The molecule has 2 aromatic heterocycles. The monoisotopic (exact) mass is 489 g/mol. The van der Waals surface area contributed by atoms with E-state index in [1.54, 1.807) is 17.2 Å². The number of piperidine rings is 1. The molecule has 2 N–H and O–H groups in total. The number of aromatic nitrogens is 3. The van der Waals surface area contributed by atoms with Crippen molar-refractivity contribution in [2.75, 3.05) is 18.4 Å². The molecule has 8 nitrogen and oxygen atoms in total. The number of hydrogen-bond acceptors (Lipinski definition) is 7. The quantitative estimate of drug-likeness (QED) is 0.520. The lowest BCUT2D eigenvalue weighted by molar-refractivity contribution is -0.137. The van der Waals surface area contributed by atoms with E-state index in [1.807, 2.05) is 20.8 Å². The molecule has 1 saturated heterocycles. The van der Waals surface area contributed by atoms with Gasteiger partial charge in [-0.25, -0.2) is 4.79 Å². The number of halogens is 3. The highest BCUT2D eigenvalue weighted by Crippen LogP contribution is 2.38. The van der Waals surface area contributed by atoms with E-state index in [0.717, 1.165) is 18.9 Å². The normalized spacial score (nSPS) is 16.9. The molecule has 1 amide bonds. The van der Waals surface area contributed by atoms with Crippen molar-refractivity contribution in [3.05, 3.63) is 42.2 Å². The summed E-state index contributed by atoms with van der Waals surface area (Å²) in [5.41, 5.74) is -1.22. The van der Waals surface area contributed by atoms with Crippen LogP contribution >= 0.6 is 0 Å². The van der Waals surface area contributed by atoms with Crippen LogP contribution < -0.4 is 5.32 Å². The molecular weight excluding hydrogens is 463 g/mol. The second-order valence-corrected chi connectivity index (χ2v) is 9.46. The molecule has 186 valence electrons. The third kappa shape index (κ3) is 5.55. The summed E-state index contributed by atoms with van der Waals surface area (Å²) in [6, 6.07) is 4.33. The van der Waals surface area contributed by atoms with E-state index < -0.39 is 23.1 Å². The lowest BCUT2D eigenvalue weighted by atomic mass is 10.0. The minimum Gasteiger partial charge on any atom is -0.507 e. The van der Waals surface area contributed by atoms with Gasteiger partial charge in [-0.1, -0.05) is 0 Å². The molecule has 0 aliphatic carbocycles. The fourth-order valence-corrected chi connectivity index (χ4v) is 3.99. The summed E-state index contributed by atoms with van der Waals surface area (Å²) in [6.07, 6.45) is -0.283. The molecule has 0 saturated carbocycles. The summed E-state index contributed by atoms with van der Waals surface area (Å²) in [5, 5.41) is 23.3. The third-order valence-corrected chi connectivity index (χ3v) is 5.58. The highest BCUT2D eigenvalue weighted by atomic mass is 19.4. The summed E-state index contributed by atoms with van der Waals surface area (Å²) < 4.78 is 44.5. The van der Waals surface area contributed by atoms with E-state index in [2.05, 4.69) is 20.5 Å². The largest absolute Gasteiger partial charge is 0.507 e. The van der Waals surface area contributed by atoms with Crippen molar-refractivity contribution in [2.24, 2.45) is 0 Å². The van der Waals surface area contributed by atoms with Crippen LogP contribution in [0.3, 0.4) is 0 Å². The summed E-state index contributed by atoms with van der Waals surface area (Å²) in [7, 11) is 0. The van der Waals surface area contributed by atoms with Crippen molar-refractivity contribution in [3.63, 3.8) is 0 Å². The van der Waals surface area contributed by atoms with Gasteiger partial charge in [0.25, 0.3) is 0 Å². The number of benzene rings is 1. The molecule has 0 radical (unpaired) electrons. The molecule has 1 aliphatic heterocycles. The lowest BCUT2D eigenvalue weighted by Crippen LogP contribution is -2.47. The van der Waals surface area contributed by atoms with Gasteiger partial charge in [-0.2, -0.15) is 13.2 Å². The maximum Gasteiger partial charge on any atom is 0.416 e. The predicted molar refractivity (Wildman–Crippen MR) is 124 cm³/mol.